The number of sulfonamides is 1. The van der Waals surface area contributed by atoms with Gasteiger partial charge in [0.15, 0.2) is 11.5 Å². The fraction of sp³-hybridized carbons (Fsp3) is 0.375. The minimum Gasteiger partial charge on any atom is -0.490 e. The van der Waals surface area contributed by atoms with Crippen molar-refractivity contribution in [2.45, 2.75) is 38.6 Å². The Bertz CT molecular complexity index is 1070. The van der Waals surface area contributed by atoms with Gasteiger partial charge in [-0.3, -0.25) is 4.79 Å². The van der Waals surface area contributed by atoms with Crippen LogP contribution in [0.2, 0.25) is 0 Å². The lowest BCUT2D eigenvalue weighted by Crippen LogP contribution is -2.32. The third-order valence-corrected chi connectivity index (χ3v) is 6.05. The maximum absolute atomic E-state index is 13.0. The summed E-state index contributed by atoms with van der Waals surface area (Å²) in [6.45, 7) is 8.64. The van der Waals surface area contributed by atoms with Gasteiger partial charge in [-0.25, -0.2) is 8.42 Å². The number of carbonyl (C=O) groups excluding carboxylic acids is 1. The lowest BCUT2D eigenvalue weighted by atomic mass is 9.95. The van der Waals surface area contributed by atoms with Crippen LogP contribution in [-0.2, 0) is 10.0 Å². The summed E-state index contributed by atoms with van der Waals surface area (Å²) in [5.74, 6) is 3.16. The van der Waals surface area contributed by atoms with E-state index in [4.69, 9.17) is 15.9 Å². The largest absolute Gasteiger partial charge is 0.490 e. The van der Waals surface area contributed by atoms with Crippen LogP contribution in [0.4, 0.5) is 0 Å². The molecule has 1 amide bonds. The summed E-state index contributed by atoms with van der Waals surface area (Å²) in [6.07, 6.45) is 5.13. The molecule has 0 radical (unpaired) electrons. The summed E-state index contributed by atoms with van der Waals surface area (Å²) < 4.78 is 38.3. The van der Waals surface area contributed by atoms with Crippen LogP contribution < -0.4 is 19.5 Å². The van der Waals surface area contributed by atoms with E-state index in [1.165, 1.54) is 18.2 Å². The topological polar surface area (TPSA) is 93.7 Å². The Kier molecular flexibility index (Phi) is 9.12. The van der Waals surface area contributed by atoms with Crippen molar-refractivity contribution in [1.29, 1.82) is 0 Å². The van der Waals surface area contributed by atoms with Crippen molar-refractivity contribution in [2.24, 2.45) is 5.92 Å². The van der Waals surface area contributed by atoms with Crippen molar-refractivity contribution in [1.82, 2.24) is 10.0 Å². The normalized spacial score (nSPS) is 12.1. The Labute approximate surface area is 190 Å². The molecule has 1 atom stereocenters. The molecule has 0 aromatic heterocycles. The van der Waals surface area contributed by atoms with E-state index in [1.54, 1.807) is 6.07 Å². The highest BCUT2D eigenvalue weighted by atomic mass is 32.2. The SMILES string of the molecule is C#CCNS(=O)(=O)c1cccc(C(=O)NC(c2ccc(OCC)c(OCC)c2)C(C)C)c1. The van der Waals surface area contributed by atoms with E-state index >= 15 is 0 Å². The second-order valence-electron chi connectivity index (χ2n) is 7.32. The maximum atomic E-state index is 13.0. The number of benzene rings is 2. The molecule has 0 bridgehead atoms. The summed E-state index contributed by atoms with van der Waals surface area (Å²) in [7, 11) is -3.80. The first kappa shape index (κ1) is 25.2. The third-order valence-electron chi connectivity index (χ3n) is 4.65. The first-order chi connectivity index (χ1) is 15.2. The Hall–Kier alpha value is -3.02. The van der Waals surface area contributed by atoms with Gasteiger partial charge in [-0.05, 0) is 55.7 Å². The van der Waals surface area contributed by atoms with Gasteiger partial charge >= 0.3 is 0 Å². The predicted octanol–water partition coefficient (Wildman–Crippen LogP) is 3.52. The first-order valence-electron chi connectivity index (χ1n) is 10.5. The summed E-state index contributed by atoms with van der Waals surface area (Å²) in [6, 6.07) is 11.1. The van der Waals surface area contributed by atoms with Crippen molar-refractivity contribution in [3.63, 3.8) is 0 Å². The molecule has 0 fully saturated rings. The minimum absolute atomic E-state index is 0.0267. The Morgan fingerprint density at radius 2 is 1.75 bits per heavy atom. The van der Waals surface area contributed by atoms with Crippen LogP contribution in [0, 0.1) is 18.3 Å². The molecule has 2 aromatic carbocycles. The molecule has 2 N–H and O–H groups in total. The molecule has 0 heterocycles. The lowest BCUT2D eigenvalue weighted by molar-refractivity contribution is 0.0925. The third kappa shape index (κ3) is 6.49. The monoisotopic (exact) mass is 458 g/mol. The van der Waals surface area contributed by atoms with E-state index in [2.05, 4.69) is 16.0 Å². The summed E-state index contributed by atoms with van der Waals surface area (Å²) in [5, 5.41) is 3.01. The van der Waals surface area contributed by atoms with E-state index in [9.17, 15) is 13.2 Å². The molecule has 0 aliphatic rings. The van der Waals surface area contributed by atoms with Crippen molar-refractivity contribution in [2.75, 3.05) is 19.8 Å². The highest BCUT2D eigenvalue weighted by Crippen LogP contribution is 2.33. The van der Waals surface area contributed by atoms with Gasteiger partial charge in [-0.1, -0.05) is 31.9 Å². The van der Waals surface area contributed by atoms with Crippen LogP contribution in [0.15, 0.2) is 47.4 Å². The zero-order valence-electron chi connectivity index (χ0n) is 18.8. The van der Waals surface area contributed by atoms with Crippen LogP contribution in [0.1, 0.15) is 49.7 Å². The fourth-order valence-electron chi connectivity index (χ4n) is 3.15. The number of terminal acetylenes is 1. The smallest absolute Gasteiger partial charge is 0.251 e. The van der Waals surface area contributed by atoms with Crippen LogP contribution in [0.5, 0.6) is 11.5 Å². The van der Waals surface area contributed by atoms with Gasteiger partial charge in [0, 0.05) is 5.56 Å². The summed E-state index contributed by atoms with van der Waals surface area (Å²) in [4.78, 5) is 13.0. The zero-order valence-corrected chi connectivity index (χ0v) is 19.7. The molecule has 172 valence electrons. The van der Waals surface area contributed by atoms with Gasteiger partial charge in [0.05, 0.1) is 30.7 Å². The van der Waals surface area contributed by atoms with Crippen molar-refractivity contribution < 1.29 is 22.7 Å². The average molecular weight is 459 g/mol. The van der Waals surface area contributed by atoms with Gasteiger partial charge in [0.2, 0.25) is 10.0 Å². The quantitative estimate of drug-likeness (QED) is 0.503. The highest BCUT2D eigenvalue weighted by Gasteiger charge is 2.22. The summed E-state index contributed by atoms with van der Waals surface area (Å²) in [5.41, 5.74) is 1.09. The molecule has 2 aromatic rings. The number of hydrogen-bond acceptors (Lipinski definition) is 5. The molecule has 0 aliphatic heterocycles. The van der Waals surface area contributed by atoms with Crippen molar-refractivity contribution >= 4 is 15.9 Å². The number of rotatable bonds is 11. The minimum atomic E-state index is -3.80. The molecule has 7 nitrogen and oxygen atoms in total. The Morgan fingerprint density at radius 3 is 2.38 bits per heavy atom. The second-order valence-corrected chi connectivity index (χ2v) is 9.09. The van der Waals surface area contributed by atoms with Crippen molar-refractivity contribution in [3.8, 4) is 23.8 Å². The standard InChI is InChI=1S/C24H30N2O5S/c1-6-14-25-32(28,29)20-11-9-10-19(15-20)24(27)26-23(17(4)5)18-12-13-21(30-7-2)22(16-18)31-8-3/h1,9-13,15-17,23,25H,7-8,14H2,2-5H3,(H,26,27). The fourth-order valence-corrected chi connectivity index (χ4v) is 4.12. The number of nitrogens with one attached hydrogen (secondary N) is 2. The molecule has 0 saturated carbocycles. The first-order valence-corrected chi connectivity index (χ1v) is 11.9. The van der Waals surface area contributed by atoms with E-state index in [0.717, 1.165) is 5.56 Å². The van der Waals surface area contributed by atoms with Crippen LogP contribution in [-0.4, -0.2) is 34.1 Å². The Morgan fingerprint density at radius 1 is 1.06 bits per heavy atom. The molecule has 0 aliphatic carbocycles. The second kappa shape index (κ2) is 11.6. The van der Waals surface area contributed by atoms with Gasteiger partial charge in [0.1, 0.15) is 0 Å². The van der Waals surface area contributed by atoms with E-state index in [0.29, 0.717) is 24.7 Å². The number of ether oxygens (including phenoxy) is 2. The van der Waals surface area contributed by atoms with E-state index in [-0.39, 0.29) is 34.9 Å². The molecule has 32 heavy (non-hydrogen) atoms. The van der Waals surface area contributed by atoms with Gasteiger partial charge in [0.25, 0.3) is 5.91 Å². The molecule has 1 unspecified atom stereocenters. The highest BCUT2D eigenvalue weighted by molar-refractivity contribution is 7.89. The predicted molar refractivity (Wildman–Crippen MR) is 124 cm³/mol. The van der Waals surface area contributed by atoms with Gasteiger partial charge in [-0.2, -0.15) is 4.72 Å². The van der Waals surface area contributed by atoms with Gasteiger partial charge < -0.3 is 14.8 Å². The average Bonchev–Trinajstić information content (AvgIpc) is 2.77. The summed E-state index contributed by atoms with van der Waals surface area (Å²) >= 11 is 0. The Balaban J connectivity index is 2.31. The van der Waals surface area contributed by atoms with E-state index < -0.39 is 10.0 Å². The van der Waals surface area contributed by atoms with Gasteiger partial charge in [-0.15, -0.1) is 6.42 Å². The molecule has 0 spiro atoms. The lowest BCUT2D eigenvalue weighted by Gasteiger charge is -2.24. The zero-order chi connectivity index (χ0) is 23.7. The van der Waals surface area contributed by atoms with Crippen molar-refractivity contribution in [3.05, 3.63) is 53.6 Å². The van der Waals surface area contributed by atoms with Crippen LogP contribution in [0.3, 0.4) is 0 Å². The molecule has 0 saturated heterocycles. The van der Waals surface area contributed by atoms with E-state index in [1.807, 2.05) is 45.9 Å². The molecule has 2 rings (SSSR count). The molecular weight excluding hydrogens is 428 g/mol. The number of carbonyl (C=O) groups is 1. The van der Waals surface area contributed by atoms with Crippen LogP contribution >= 0.6 is 0 Å². The maximum Gasteiger partial charge on any atom is 0.251 e. The number of hydrogen-bond donors (Lipinski definition) is 2. The number of amides is 1. The van der Waals surface area contributed by atoms with Crippen LogP contribution in [0.25, 0.3) is 0 Å². The molecular formula is C24H30N2O5S. The molecule has 8 heteroatoms.